The number of carboxylic acids is 1. The van der Waals surface area contributed by atoms with Gasteiger partial charge >= 0.3 is 5.97 Å². The van der Waals surface area contributed by atoms with Crippen molar-refractivity contribution in [3.63, 3.8) is 0 Å². The summed E-state index contributed by atoms with van der Waals surface area (Å²) < 4.78 is 0. The van der Waals surface area contributed by atoms with Crippen molar-refractivity contribution < 1.29 is 14.7 Å². The Bertz CT molecular complexity index is 394. The van der Waals surface area contributed by atoms with E-state index in [1.165, 1.54) is 0 Å². The summed E-state index contributed by atoms with van der Waals surface area (Å²) in [6.07, 6.45) is 5.69. The lowest BCUT2D eigenvalue weighted by molar-refractivity contribution is -0.150. The van der Waals surface area contributed by atoms with Gasteiger partial charge in [0.1, 0.15) is 0 Å². The third kappa shape index (κ3) is 2.66. The van der Waals surface area contributed by atoms with Gasteiger partial charge in [-0.2, -0.15) is 0 Å². The van der Waals surface area contributed by atoms with Crippen LogP contribution in [-0.2, 0) is 9.59 Å². The van der Waals surface area contributed by atoms with Crippen molar-refractivity contribution in [1.82, 2.24) is 10.2 Å². The number of hydrogen-bond acceptors (Lipinski definition) is 3. The molecule has 1 saturated carbocycles. The molecule has 2 aliphatic carbocycles. The van der Waals surface area contributed by atoms with Crippen LogP contribution in [0.1, 0.15) is 12.8 Å². The van der Waals surface area contributed by atoms with E-state index in [-0.39, 0.29) is 23.7 Å². The van der Waals surface area contributed by atoms with E-state index in [0.29, 0.717) is 6.54 Å². The first-order valence-electron chi connectivity index (χ1n) is 6.87. The Morgan fingerprint density at radius 1 is 1.32 bits per heavy atom. The number of aliphatic carboxylic acids is 1. The molecule has 0 radical (unpaired) electrons. The number of rotatable bonds is 6. The average Bonchev–Trinajstić information content (AvgIpc) is 2.97. The molecular weight excluding hydrogens is 244 g/mol. The molecule has 2 rings (SSSR count). The number of nitrogens with zero attached hydrogens (tertiary/aromatic N) is 1. The molecule has 1 amide bonds. The van der Waals surface area contributed by atoms with Crippen molar-refractivity contribution >= 4 is 11.9 Å². The standard InChI is InChI=1S/C14H22N2O3/c1-15-6-3-7-16(2)13(17)11-9-4-5-10(8-9)12(11)14(18)19/h4-5,9-12,15H,3,6-8H2,1-2H3,(H,18,19)/t9?,10?,11-,12+/m0/s1. The molecule has 2 aliphatic rings. The number of hydrogen-bond donors (Lipinski definition) is 2. The molecule has 2 bridgehead atoms. The van der Waals surface area contributed by atoms with Crippen LogP contribution in [0.25, 0.3) is 0 Å². The van der Waals surface area contributed by atoms with E-state index >= 15 is 0 Å². The summed E-state index contributed by atoms with van der Waals surface area (Å²) in [6, 6.07) is 0. The largest absolute Gasteiger partial charge is 0.481 e. The van der Waals surface area contributed by atoms with E-state index in [2.05, 4.69) is 5.32 Å². The van der Waals surface area contributed by atoms with Gasteiger partial charge in [0.25, 0.3) is 0 Å². The molecule has 0 saturated heterocycles. The summed E-state index contributed by atoms with van der Waals surface area (Å²) in [5, 5.41) is 12.4. The lowest BCUT2D eigenvalue weighted by atomic mass is 9.82. The summed E-state index contributed by atoms with van der Waals surface area (Å²) in [4.78, 5) is 25.5. The molecule has 106 valence electrons. The predicted molar refractivity (Wildman–Crippen MR) is 71.5 cm³/mol. The zero-order valence-electron chi connectivity index (χ0n) is 11.5. The second-order valence-electron chi connectivity index (χ2n) is 5.56. The van der Waals surface area contributed by atoms with Gasteiger partial charge in [-0.05, 0) is 38.3 Å². The van der Waals surface area contributed by atoms with Gasteiger partial charge in [0.2, 0.25) is 5.91 Å². The monoisotopic (exact) mass is 266 g/mol. The molecule has 5 nitrogen and oxygen atoms in total. The number of carbonyl (C=O) groups excluding carboxylic acids is 1. The SMILES string of the molecule is CNCCCN(C)C(=O)[C@H]1C2C=CC(C2)[C@H]1C(=O)O. The van der Waals surface area contributed by atoms with Crippen molar-refractivity contribution in [2.75, 3.05) is 27.2 Å². The molecule has 0 aliphatic heterocycles. The quantitative estimate of drug-likeness (QED) is 0.545. The molecule has 1 fully saturated rings. The number of allylic oxidation sites excluding steroid dienone is 2. The van der Waals surface area contributed by atoms with Crippen molar-refractivity contribution in [1.29, 1.82) is 0 Å². The minimum absolute atomic E-state index is 0.0136. The molecule has 0 aromatic heterocycles. The van der Waals surface area contributed by atoms with Gasteiger partial charge in [-0.25, -0.2) is 0 Å². The highest BCUT2D eigenvalue weighted by Crippen LogP contribution is 2.48. The molecule has 19 heavy (non-hydrogen) atoms. The van der Waals surface area contributed by atoms with Crippen LogP contribution in [0.15, 0.2) is 12.2 Å². The van der Waals surface area contributed by atoms with Gasteiger partial charge in [-0.1, -0.05) is 12.2 Å². The molecular formula is C14H22N2O3. The molecule has 0 aromatic rings. The molecule has 2 N–H and O–H groups in total. The highest BCUT2D eigenvalue weighted by atomic mass is 16.4. The van der Waals surface area contributed by atoms with Gasteiger partial charge in [0.15, 0.2) is 0 Å². The molecule has 5 heteroatoms. The third-order valence-electron chi connectivity index (χ3n) is 4.33. The predicted octanol–water partition coefficient (Wildman–Crippen LogP) is 0.577. The number of carbonyl (C=O) groups is 2. The Hall–Kier alpha value is -1.36. The summed E-state index contributed by atoms with van der Waals surface area (Å²) in [5.74, 6) is -1.59. The maximum Gasteiger partial charge on any atom is 0.307 e. The Labute approximate surface area is 113 Å². The van der Waals surface area contributed by atoms with Gasteiger partial charge in [0.05, 0.1) is 11.8 Å². The van der Waals surface area contributed by atoms with E-state index in [0.717, 1.165) is 19.4 Å². The topological polar surface area (TPSA) is 69.6 Å². The van der Waals surface area contributed by atoms with Crippen molar-refractivity contribution in [3.05, 3.63) is 12.2 Å². The van der Waals surface area contributed by atoms with Crippen LogP contribution in [0.4, 0.5) is 0 Å². The zero-order valence-corrected chi connectivity index (χ0v) is 11.5. The third-order valence-corrected chi connectivity index (χ3v) is 4.33. The minimum Gasteiger partial charge on any atom is -0.481 e. The summed E-state index contributed by atoms with van der Waals surface area (Å²) in [6.45, 7) is 1.53. The Morgan fingerprint density at radius 2 is 1.95 bits per heavy atom. The fourth-order valence-corrected chi connectivity index (χ4v) is 3.35. The normalized spacial score (nSPS) is 31.7. The van der Waals surface area contributed by atoms with Crippen molar-refractivity contribution in [3.8, 4) is 0 Å². The maximum absolute atomic E-state index is 12.5. The van der Waals surface area contributed by atoms with Crippen LogP contribution in [0.5, 0.6) is 0 Å². The molecule has 0 spiro atoms. The van der Waals surface area contributed by atoms with Gasteiger partial charge in [-0.3, -0.25) is 9.59 Å². The molecule has 4 atom stereocenters. The van der Waals surface area contributed by atoms with Crippen LogP contribution in [0.3, 0.4) is 0 Å². The maximum atomic E-state index is 12.5. The van der Waals surface area contributed by atoms with E-state index in [4.69, 9.17) is 0 Å². The van der Waals surface area contributed by atoms with Crippen molar-refractivity contribution in [2.24, 2.45) is 23.7 Å². The second-order valence-corrected chi connectivity index (χ2v) is 5.56. The highest BCUT2D eigenvalue weighted by Gasteiger charge is 2.52. The lowest BCUT2D eigenvalue weighted by Crippen LogP contribution is -2.41. The van der Waals surface area contributed by atoms with Crippen LogP contribution in [0.2, 0.25) is 0 Å². The van der Waals surface area contributed by atoms with Crippen LogP contribution < -0.4 is 5.32 Å². The first-order valence-corrected chi connectivity index (χ1v) is 6.87. The molecule has 2 unspecified atom stereocenters. The van der Waals surface area contributed by atoms with Gasteiger partial charge in [-0.15, -0.1) is 0 Å². The fraction of sp³-hybridized carbons (Fsp3) is 0.714. The molecule has 0 heterocycles. The average molecular weight is 266 g/mol. The lowest BCUT2D eigenvalue weighted by Gasteiger charge is -2.28. The minimum atomic E-state index is -0.834. The highest BCUT2D eigenvalue weighted by molar-refractivity contribution is 5.86. The Balaban J connectivity index is 2.01. The number of carboxylic acid groups (broad SMARTS) is 1. The number of amides is 1. The van der Waals surface area contributed by atoms with Crippen LogP contribution in [0, 0.1) is 23.7 Å². The van der Waals surface area contributed by atoms with Gasteiger partial charge in [0, 0.05) is 13.6 Å². The molecule has 0 aromatic carbocycles. The first kappa shape index (κ1) is 14.1. The van der Waals surface area contributed by atoms with E-state index in [9.17, 15) is 14.7 Å². The summed E-state index contributed by atoms with van der Waals surface area (Å²) >= 11 is 0. The van der Waals surface area contributed by atoms with Crippen LogP contribution in [-0.4, -0.2) is 49.1 Å². The van der Waals surface area contributed by atoms with Crippen molar-refractivity contribution in [2.45, 2.75) is 12.8 Å². The van der Waals surface area contributed by atoms with E-state index in [1.807, 2.05) is 19.2 Å². The summed E-state index contributed by atoms with van der Waals surface area (Å²) in [5.41, 5.74) is 0. The first-order chi connectivity index (χ1) is 9.06. The fourth-order valence-electron chi connectivity index (χ4n) is 3.35. The van der Waals surface area contributed by atoms with Gasteiger partial charge < -0.3 is 15.3 Å². The Morgan fingerprint density at radius 3 is 2.53 bits per heavy atom. The van der Waals surface area contributed by atoms with E-state index < -0.39 is 11.9 Å². The second kappa shape index (κ2) is 5.74. The van der Waals surface area contributed by atoms with Crippen LogP contribution >= 0.6 is 0 Å². The number of fused-ring (bicyclic) bond motifs is 2. The zero-order chi connectivity index (χ0) is 14.0. The smallest absolute Gasteiger partial charge is 0.307 e. The van der Waals surface area contributed by atoms with E-state index in [1.54, 1.807) is 11.9 Å². The Kier molecular flexibility index (Phi) is 4.24. The summed E-state index contributed by atoms with van der Waals surface area (Å²) in [7, 11) is 3.65. The number of nitrogens with one attached hydrogen (secondary N) is 1.